The zero-order chi connectivity index (χ0) is 13.1. The maximum atomic E-state index is 13.2. The van der Waals surface area contributed by atoms with Gasteiger partial charge in [-0.1, -0.05) is 18.2 Å². The van der Waals surface area contributed by atoms with Gasteiger partial charge in [0.05, 0.1) is 10.5 Å². The van der Waals surface area contributed by atoms with Crippen molar-refractivity contribution in [2.24, 2.45) is 0 Å². The van der Waals surface area contributed by atoms with Gasteiger partial charge in [-0.3, -0.25) is 0 Å². The Morgan fingerprint density at radius 3 is 2.17 bits per heavy atom. The minimum atomic E-state index is -0.298. The van der Waals surface area contributed by atoms with Crippen molar-refractivity contribution in [3.05, 3.63) is 69.7 Å². The third-order valence-electron chi connectivity index (χ3n) is 2.77. The molecule has 0 bridgehead atoms. The lowest BCUT2D eigenvalue weighted by atomic mass is 9.99. The van der Waals surface area contributed by atoms with Gasteiger partial charge >= 0.3 is 0 Å². The number of benzene rings is 2. The Morgan fingerprint density at radius 2 is 1.61 bits per heavy atom. The van der Waals surface area contributed by atoms with Crippen LogP contribution >= 0.6 is 15.9 Å². The largest absolute Gasteiger partial charge is 0.309 e. The lowest BCUT2D eigenvalue weighted by molar-refractivity contribution is 0.615. The fraction of sp³-hybridized carbons (Fsp3) is 0.143. The molecule has 0 aromatic heterocycles. The van der Waals surface area contributed by atoms with Crippen LogP contribution in [-0.2, 0) is 0 Å². The van der Waals surface area contributed by atoms with Crippen molar-refractivity contribution in [2.75, 3.05) is 7.05 Å². The Kier molecular flexibility index (Phi) is 4.09. The number of rotatable bonds is 3. The maximum Gasteiger partial charge on any atom is 0.137 e. The molecule has 0 heterocycles. The van der Waals surface area contributed by atoms with Gasteiger partial charge in [0, 0.05) is 0 Å². The summed E-state index contributed by atoms with van der Waals surface area (Å²) in [6.07, 6.45) is 0. The lowest BCUT2D eigenvalue weighted by Crippen LogP contribution is -2.17. The van der Waals surface area contributed by atoms with E-state index in [1.54, 1.807) is 24.3 Å². The predicted molar refractivity (Wildman–Crippen MR) is 71.4 cm³/mol. The van der Waals surface area contributed by atoms with Gasteiger partial charge in [0.25, 0.3) is 0 Å². The summed E-state index contributed by atoms with van der Waals surface area (Å²) in [5.74, 6) is -0.568. The molecular weight excluding hydrogens is 300 g/mol. The van der Waals surface area contributed by atoms with Gasteiger partial charge in [-0.15, -0.1) is 0 Å². The fourth-order valence-electron chi connectivity index (χ4n) is 1.87. The zero-order valence-electron chi connectivity index (χ0n) is 9.75. The highest BCUT2D eigenvalue weighted by Crippen LogP contribution is 2.26. The van der Waals surface area contributed by atoms with E-state index in [1.807, 2.05) is 7.05 Å². The van der Waals surface area contributed by atoms with E-state index < -0.39 is 0 Å². The van der Waals surface area contributed by atoms with Gasteiger partial charge in [-0.2, -0.15) is 0 Å². The van der Waals surface area contributed by atoms with Crippen LogP contribution in [0.4, 0.5) is 8.78 Å². The first-order valence-corrected chi connectivity index (χ1v) is 6.29. The minimum Gasteiger partial charge on any atom is -0.309 e. The summed E-state index contributed by atoms with van der Waals surface area (Å²) in [5, 5.41) is 3.14. The summed E-state index contributed by atoms with van der Waals surface area (Å²) < 4.78 is 26.5. The number of nitrogens with one attached hydrogen (secondary N) is 1. The number of halogens is 3. The Morgan fingerprint density at radius 1 is 1.00 bits per heavy atom. The topological polar surface area (TPSA) is 12.0 Å². The first-order chi connectivity index (χ1) is 8.61. The van der Waals surface area contributed by atoms with Crippen LogP contribution in [0.2, 0.25) is 0 Å². The Balaban J connectivity index is 2.38. The second kappa shape index (κ2) is 5.59. The molecule has 2 aromatic rings. The fourth-order valence-corrected chi connectivity index (χ4v) is 2.27. The van der Waals surface area contributed by atoms with Crippen molar-refractivity contribution < 1.29 is 8.78 Å². The molecule has 0 aliphatic heterocycles. The predicted octanol–water partition coefficient (Wildman–Crippen LogP) is 4.04. The SMILES string of the molecule is CNC(c1ccc(F)cc1)c1ccc(F)c(Br)c1. The van der Waals surface area contributed by atoms with Gasteiger partial charge in [0.15, 0.2) is 0 Å². The second-order valence-corrected chi connectivity index (χ2v) is 4.80. The Bertz CT molecular complexity index is 540. The average molecular weight is 312 g/mol. The molecular formula is C14H12BrF2N. The molecule has 0 radical (unpaired) electrons. The van der Waals surface area contributed by atoms with E-state index in [0.29, 0.717) is 4.47 Å². The van der Waals surface area contributed by atoms with E-state index in [0.717, 1.165) is 11.1 Å². The van der Waals surface area contributed by atoms with Crippen LogP contribution < -0.4 is 5.32 Å². The van der Waals surface area contributed by atoms with E-state index in [4.69, 9.17) is 0 Å². The van der Waals surface area contributed by atoms with Crippen LogP contribution in [0.5, 0.6) is 0 Å². The smallest absolute Gasteiger partial charge is 0.137 e. The van der Waals surface area contributed by atoms with Gasteiger partial charge < -0.3 is 5.32 Å². The summed E-state index contributed by atoms with van der Waals surface area (Å²) in [7, 11) is 1.81. The van der Waals surface area contributed by atoms with Crippen LogP contribution in [-0.4, -0.2) is 7.05 Å². The monoisotopic (exact) mass is 311 g/mol. The Labute approximate surface area is 113 Å². The van der Waals surface area contributed by atoms with Gasteiger partial charge in [0.1, 0.15) is 11.6 Å². The molecule has 0 fully saturated rings. The van der Waals surface area contributed by atoms with Crippen LogP contribution in [0, 0.1) is 11.6 Å². The minimum absolute atomic E-state index is 0.0949. The molecule has 0 aliphatic carbocycles. The highest BCUT2D eigenvalue weighted by Gasteiger charge is 2.13. The molecule has 0 amide bonds. The lowest BCUT2D eigenvalue weighted by Gasteiger charge is -2.17. The van der Waals surface area contributed by atoms with Crippen molar-refractivity contribution in [1.29, 1.82) is 0 Å². The number of hydrogen-bond acceptors (Lipinski definition) is 1. The van der Waals surface area contributed by atoms with Crippen LogP contribution in [0.1, 0.15) is 17.2 Å². The quantitative estimate of drug-likeness (QED) is 0.902. The van der Waals surface area contributed by atoms with E-state index in [-0.39, 0.29) is 17.7 Å². The molecule has 4 heteroatoms. The highest BCUT2D eigenvalue weighted by molar-refractivity contribution is 9.10. The van der Waals surface area contributed by atoms with Crippen molar-refractivity contribution in [1.82, 2.24) is 5.32 Å². The van der Waals surface area contributed by atoms with E-state index in [9.17, 15) is 8.78 Å². The van der Waals surface area contributed by atoms with E-state index >= 15 is 0 Å². The van der Waals surface area contributed by atoms with Crippen molar-refractivity contribution in [3.63, 3.8) is 0 Å². The van der Waals surface area contributed by atoms with E-state index in [2.05, 4.69) is 21.2 Å². The molecule has 0 spiro atoms. The summed E-state index contributed by atoms with van der Waals surface area (Å²) >= 11 is 3.16. The maximum absolute atomic E-state index is 13.2. The first-order valence-electron chi connectivity index (χ1n) is 5.49. The van der Waals surface area contributed by atoms with Crippen LogP contribution in [0.15, 0.2) is 46.9 Å². The second-order valence-electron chi connectivity index (χ2n) is 3.95. The highest BCUT2D eigenvalue weighted by atomic mass is 79.9. The molecule has 94 valence electrons. The summed E-state index contributed by atoms with van der Waals surface area (Å²) in [6.45, 7) is 0. The summed E-state index contributed by atoms with van der Waals surface area (Å²) in [4.78, 5) is 0. The molecule has 0 saturated carbocycles. The third-order valence-corrected chi connectivity index (χ3v) is 3.38. The molecule has 18 heavy (non-hydrogen) atoms. The molecule has 0 saturated heterocycles. The first kappa shape index (κ1) is 13.2. The molecule has 1 unspecified atom stereocenters. The van der Waals surface area contributed by atoms with Gasteiger partial charge in [-0.25, -0.2) is 8.78 Å². The molecule has 2 rings (SSSR count). The van der Waals surface area contributed by atoms with Crippen LogP contribution in [0.25, 0.3) is 0 Å². The molecule has 1 nitrogen and oxygen atoms in total. The molecule has 2 aromatic carbocycles. The average Bonchev–Trinajstić information content (AvgIpc) is 2.37. The van der Waals surface area contributed by atoms with Crippen molar-refractivity contribution >= 4 is 15.9 Å². The summed E-state index contributed by atoms with van der Waals surface area (Å²) in [5.41, 5.74) is 1.84. The molecule has 0 aliphatic rings. The molecule has 1 atom stereocenters. The van der Waals surface area contributed by atoms with E-state index in [1.165, 1.54) is 18.2 Å². The normalized spacial score (nSPS) is 12.4. The van der Waals surface area contributed by atoms with Crippen molar-refractivity contribution in [2.45, 2.75) is 6.04 Å². The Hall–Kier alpha value is -1.26. The third kappa shape index (κ3) is 2.76. The number of hydrogen-bond donors (Lipinski definition) is 1. The zero-order valence-corrected chi connectivity index (χ0v) is 11.3. The van der Waals surface area contributed by atoms with Crippen LogP contribution in [0.3, 0.4) is 0 Å². The standard InChI is InChI=1S/C14H12BrF2N/c1-18-14(9-2-5-11(16)6-3-9)10-4-7-13(17)12(15)8-10/h2-8,14,18H,1H3. The van der Waals surface area contributed by atoms with Crippen molar-refractivity contribution in [3.8, 4) is 0 Å². The summed E-state index contributed by atoms with van der Waals surface area (Å²) in [6, 6.07) is 11.0. The van der Waals surface area contributed by atoms with Gasteiger partial charge in [-0.05, 0) is 58.4 Å². The van der Waals surface area contributed by atoms with Gasteiger partial charge in [0.2, 0.25) is 0 Å². The molecule has 1 N–H and O–H groups in total.